The van der Waals surface area contributed by atoms with E-state index < -0.39 is 22.6 Å². The molecular formula is C21H14Cl2N4O5. The standard InChI is InChI=1S/C21H14Cl2N4O5/c22-16-7-3-1-5-13(16)20(29)25-26-21(30)15-6-2-4-8-18(15)24-19(28)14-10-9-12(27(31)32)11-17(14)23/h1-11H,(H,24,28)(H,25,29)(H,26,30). The summed E-state index contributed by atoms with van der Waals surface area (Å²) in [7, 11) is 0. The molecule has 11 heteroatoms. The molecule has 9 nitrogen and oxygen atoms in total. The Bertz CT molecular complexity index is 1230. The molecule has 0 aliphatic heterocycles. The Balaban J connectivity index is 1.73. The van der Waals surface area contributed by atoms with E-state index in [9.17, 15) is 24.5 Å². The first-order chi connectivity index (χ1) is 15.3. The monoisotopic (exact) mass is 472 g/mol. The van der Waals surface area contributed by atoms with Crippen molar-refractivity contribution < 1.29 is 19.3 Å². The van der Waals surface area contributed by atoms with Gasteiger partial charge in [0, 0.05) is 12.1 Å². The van der Waals surface area contributed by atoms with Gasteiger partial charge in [-0.05, 0) is 30.3 Å². The minimum absolute atomic E-state index is 0.0144. The van der Waals surface area contributed by atoms with Gasteiger partial charge in [0.15, 0.2) is 0 Å². The maximum atomic E-state index is 12.6. The Labute approximate surface area is 191 Å². The number of carbonyl (C=O) groups excluding carboxylic acids is 3. The van der Waals surface area contributed by atoms with Crippen molar-refractivity contribution in [1.82, 2.24) is 10.9 Å². The maximum Gasteiger partial charge on any atom is 0.271 e. The van der Waals surface area contributed by atoms with E-state index in [4.69, 9.17) is 23.2 Å². The molecule has 0 aromatic heterocycles. The molecule has 0 aliphatic rings. The number of nitrogens with one attached hydrogen (secondary N) is 3. The SMILES string of the molecule is O=C(NNC(=O)c1ccccc1NC(=O)c1ccc([N+](=O)[O-])cc1Cl)c1ccccc1Cl. The highest BCUT2D eigenvalue weighted by molar-refractivity contribution is 6.35. The van der Waals surface area contributed by atoms with Crippen LogP contribution >= 0.6 is 23.2 Å². The van der Waals surface area contributed by atoms with E-state index in [0.29, 0.717) is 0 Å². The number of nitro benzene ring substituents is 1. The highest BCUT2D eigenvalue weighted by Gasteiger charge is 2.19. The van der Waals surface area contributed by atoms with E-state index in [-0.39, 0.29) is 38.1 Å². The fraction of sp³-hybridized carbons (Fsp3) is 0. The van der Waals surface area contributed by atoms with Gasteiger partial charge < -0.3 is 5.32 Å². The zero-order valence-corrected chi connectivity index (χ0v) is 17.6. The van der Waals surface area contributed by atoms with Crippen molar-refractivity contribution in [1.29, 1.82) is 0 Å². The number of non-ortho nitro benzene ring substituents is 1. The van der Waals surface area contributed by atoms with Crippen LogP contribution in [0.1, 0.15) is 31.1 Å². The van der Waals surface area contributed by atoms with E-state index >= 15 is 0 Å². The van der Waals surface area contributed by atoms with Gasteiger partial charge >= 0.3 is 0 Å². The zero-order valence-electron chi connectivity index (χ0n) is 16.1. The van der Waals surface area contributed by atoms with Crippen molar-refractivity contribution >= 4 is 52.3 Å². The Kier molecular flexibility index (Phi) is 7.04. The Morgan fingerprint density at radius 1 is 0.719 bits per heavy atom. The largest absolute Gasteiger partial charge is 0.321 e. The predicted molar refractivity (Wildman–Crippen MR) is 119 cm³/mol. The predicted octanol–water partition coefficient (Wildman–Crippen LogP) is 4.23. The van der Waals surface area contributed by atoms with Crippen LogP contribution < -0.4 is 16.2 Å². The van der Waals surface area contributed by atoms with Crippen LogP contribution in [0.3, 0.4) is 0 Å². The molecule has 3 aromatic carbocycles. The third kappa shape index (κ3) is 5.20. The summed E-state index contributed by atoms with van der Waals surface area (Å²) in [5.41, 5.74) is 4.60. The number of nitro groups is 1. The number of halogens is 2. The average molecular weight is 473 g/mol. The van der Waals surface area contributed by atoms with Gasteiger partial charge in [-0.25, -0.2) is 0 Å². The normalized spacial score (nSPS) is 10.2. The molecule has 0 saturated carbocycles. The number of para-hydroxylation sites is 1. The van der Waals surface area contributed by atoms with Crippen molar-refractivity contribution in [3.8, 4) is 0 Å². The highest BCUT2D eigenvalue weighted by atomic mass is 35.5. The van der Waals surface area contributed by atoms with Crippen LogP contribution in [0, 0.1) is 10.1 Å². The Morgan fingerprint density at radius 3 is 1.91 bits per heavy atom. The lowest BCUT2D eigenvalue weighted by molar-refractivity contribution is -0.384. The molecule has 0 fully saturated rings. The maximum absolute atomic E-state index is 12.6. The number of hydrogen-bond acceptors (Lipinski definition) is 5. The molecule has 0 heterocycles. The summed E-state index contributed by atoms with van der Waals surface area (Å²) in [6, 6.07) is 15.8. The molecule has 32 heavy (non-hydrogen) atoms. The van der Waals surface area contributed by atoms with Crippen LogP contribution in [0.25, 0.3) is 0 Å². The van der Waals surface area contributed by atoms with Gasteiger partial charge in [0.25, 0.3) is 23.4 Å². The number of benzene rings is 3. The lowest BCUT2D eigenvalue weighted by Crippen LogP contribution is -2.42. The lowest BCUT2D eigenvalue weighted by atomic mass is 10.1. The number of amides is 3. The van der Waals surface area contributed by atoms with Gasteiger partial charge in [0.1, 0.15) is 0 Å². The van der Waals surface area contributed by atoms with E-state index in [1.165, 1.54) is 30.3 Å². The second-order valence-corrected chi connectivity index (χ2v) is 7.12. The topological polar surface area (TPSA) is 130 Å². The smallest absolute Gasteiger partial charge is 0.271 e. The quantitative estimate of drug-likeness (QED) is 0.377. The number of carbonyl (C=O) groups is 3. The molecule has 0 atom stereocenters. The van der Waals surface area contributed by atoms with Crippen LogP contribution in [-0.4, -0.2) is 22.6 Å². The summed E-state index contributed by atoms with van der Waals surface area (Å²) in [5.74, 6) is -2.00. The molecule has 0 bridgehead atoms. The fourth-order valence-corrected chi connectivity index (χ4v) is 3.16. The summed E-state index contributed by atoms with van der Waals surface area (Å²) in [6.07, 6.45) is 0. The first kappa shape index (κ1) is 22.7. The second kappa shape index (κ2) is 9.90. The second-order valence-electron chi connectivity index (χ2n) is 6.31. The van der Waals surface area contributed by atoms with Crippen molar-refractivity contribution in [3.05, 3.63) is 104 Å². The van der Waals surface area contributed by atoms with Crippen LogP contribution in [0.2, 0.25) is 10.0 Å². The van der Waals surface area contributed by atoms with E-state index in [1.807, 2.05) is 0 Å². The van der Waals surface area contributed by atoms with Crippen LogP contribution in [0.4, 0.5) is 11.4 Å². The van der Waals surface area contributed by atoms with Crippen LogP contribution in [-0.2, 0) is 0 Å². The van der Waals surface area contributed by atoms with Gasteiger partial charge in [-0.15, -0.1) is 0 Å². The zero-order chi connectivity index (χ0) is 23.3. The van der Waals surface area contributed by atoms with Crippen molar-refractivity contribution in [2.24, 2.45) is 0 Å². The van der Waals surface area contributed by atoms with Crippen LogP contribution in [0.5, 0.6) is 0 Å². The fourth-order valence-electron chi connectivity index (χ4n) is 2.68. The highest BCUT2D eigenvalue weighted by Crippen LogP contribution is 2.24. The molecule has 162 valence electrons. The minimum Gasteiger partial charge on any atom is -0.321 e. The van der Waals surface area contributed by atoms with E-state index in [1.54, 1.807) is 24.3 Å². The van der Waals surface area contributed by atoms with E-state index in [0.717, 1.165) is 12.1 Å². The lowest BCUT2D eigenvalue weighted by Gasteiger charge is -2.13. The molecule has 3 aromatic rings. The van der Waals surface area contributed by atoms with E-state index in [2.05, 4.69) is 16.2 Å². The molecule has 0 radical (unpaired) electrons. The summed E-state index contributed by atoms with van der Waals surface area (Å²) in [5, 5.41) is 13.5. The molecule has 0 aliphatic carbocycles. The summed E-state index contributed by atoms with van der Waals surface area (Å²) >= 11 is 12.0. The molecule has 3 amide bonds. The number of hydrogen-bond donors (Lipinski definition) is 3. The summed E-state index contributed by atoms with van der Waals surface area (Å²) in [6.45, 7) is 0. The molecule has 3 N–H and O–H groups in total. The molecule has 0 spiro atoms. The first-order valence-corrected chi connectivity index (χ1v) is 9.73. The summed E-state index contributed by atoms with van der Waals surface area (Å²) < 4.78 is 0. The number of rotatable bonds is 5. The number of anilines is 1. The van der Waals surface area contributed by atoms with Crippen molar-refractivity contribution in [2.75, 3.05) is 5.32 Å². The number of nitrogens with zero attached hydrogens (tertiary/aromatic N) is 1. The van der Waals surface area contributed by atoms with Gasteiger partial charge in [-0.2, -0.15) is 0 Å². The molecule has 3 rings (SSSR count). The van der Waals surface area contributed by atoms with Crippen LogP contribution in [0.15, 0.2) is 66.7 Å². The van der Waals surface area contributed by atoms with Gasteiger partial charge in [-0.3, -0.25) is 35.3 Å². The van der Waals surface area contributed by atoms with Gasteiger partial charge in [0.05, 0.1) is 37.3 Å². The van der Waals surface area contributed by atoms with Crippen molar-refractivity contribution in [2.45, 2.75) is 0 Å². The van der Waals surface area contributed by atoms with Gasteiger partial charge in [0.2, 0.25) is 0 Å². The third-order valence-electron chi connectivity index (χ3n) is 4.24. The third-order valence-corrected chi connectivity index (χ3v) is 4.88. The molecule has 0 unspecified atom stereocenters. The number of hydrazine groups is 1. The Hall–Kier alpha value is -3.95. The van der Waals surface area contributed by atoms with Gasteiger partial charge in [-0.1, -0.05) is 47.5 Å². The molecular weight excluding hydrogens is 459 g/mol. The Morgan fingerprint density at radius 2 is 1.28 bits per heavy atom. The average Bonchev–Trinajstić information content (AvgIpc) is 2.77. The molecule has 0 saturated heterocycles. The first-order valence-electron chi connectivity index (χ1n) is 8.97. The minimum atomic E-state index is -0.698. The van der Waals surface area contributed by atoms with Crippen molar-refractivity contribution in [3.63, 3.8) is 0 Å². The summed E-state index contributed by atoms with van der Waals surface area (Å²) in [4.78, 5) is 47.6.